The standard InChI is InChI=1S/C18H12Cl2N8O/c19-13-5-1-11(2-6-13)9-21-25-15-16(24-18-17(23-15)27-29-28-18)26-22-10-12-3-7-14(20)8-4-12/h1-10H,(H,23,25,27)(H,24,26,28). The van der Waals surface area contributed by atoms with Gasteiger partial charge in [-0.15, -0.1) is 0 Å². The molecule has 4 rings (SSSR count). The number of hydrogen-bond donors (Lipinski definition) is 2. The first kappa shape index (κ1) is 18.8. The summed E-state index contributed by atoms with van der Waals surface area (Å²) in [6.07, 6.45) is 3.23. The van der Waals surface area contributed by atoms with Crippen molar-refractivity contribution >= 4 is 58.6 Å². The van der Waals surface area contributed by atoms with E-state index in [4.69, 9.17) is 23.2 Å². The van der Waals surface area contributed by atoms with Gasteiger partial charge in [-0.3, -0.25) is 10.9 Å². The van der Waals surface area contributed by atoms with Crippen molar-refractivity contribution in [1.29, 1.82) is 0 Å². The molecule has 29 heavy (non-hydrogen) atoms. The fourth-order valence-corrected chi connectivity index (χ4v) is 2.48. The molecule has 0 amide bonds. The number of fused-ring (bicyclic) bond motifs is 1. The van der Waals surface area contributed by atoms with Crippen LogP contribution < -0.4 is 10.9 Å². The number of nitrogens with zero attached hydrogens (tertiary/aromatic N) is 6. The molecule has 4 aromatic rings. The van der Waals surface area contributed by atoms with Crippen LogP contribution in [0.5, 0.6) is 0 Å². The van der Waals surface area contributed by atoms with Crippen molar-refractivity contribution < 1.29 is 4.63 Å². The predicted molar refractivity (Wildman–Crippen MR) is 113 cm³/mol. The van der Waals surface area contributed by atoms with Gasteiger partial charge in [0.05, 0.1) is 12.4 Å². The normalized spacial score (nSPS) is 11.5. The topological polar surface area (TPSA) is 113 Å². The number of nitrogens with one attached hydrogen (secondary N) is 2. The van der Waals surface area contributed by atoms with Crippen LogP contribution in [0, 0.1) is 0 Å². The Hall–Kier alpha value is -3.56. The minimum absolute atomic E-state index is 0.237. The Balaban J connectivity index is 1.53. The van der Waals surface area contributed by atoms with Gasteiger partial charge in [-0.2, -0.15) is 20.2 Å². The van der Waals surface area contributed by atoms with Crippen LogP contribution in [-0.2, 0) is 0 Å². The largest absolute Gasteiger partial charge is 0.258 e. The lowest BCUT2D eigenvalue weighted by Crippen LogP contribution is -2.03. The molecule has 0 aliphatic carbocycles. The van der Waals surface area contributed by atoms with Crippen LogP contribution in [-0.4, -0.2) is 32.7 Å². The first-order valence-corrected chi connectivity index (χ1v) is 9.02. The van der Waals surface area contributed by atoms with Gasteiger partial charge in [0.2, 0.25) is 11.3 Å². The molecule has 144 valence electrons. The molecule has 0 aliphatic heterocycles. The van der Waals surface area contributed by atoms with Gasteiger partial charge in [0, 0.05) is 10.0 Å². The maximum atomic E-state index is 5.88. The van der Waals surface area contributed by atoms with Gasteiger partial charge in [0.15, 0.2) is 11.6 Å². The van der Waals surface area contributed by atoms with E-state index >= 15 is 0 Å². The van der Waals surface area contributed by atoms with Gasteiger partial charge in [0.25, 0.3) is 0 Å². The lowest BCUT2D eigenvalue weighted by molar-refractivity contribution is 0.314. The molecule has 0 aliphatic rings. The van der Waals surface area contributed by atoms with E-state index in [1.807, 2.05) is 24.3 Å². The number of halogens is 2. The molecule has 2 aromatic heterocycles. The van der Waals surface area contributed by atoms with E-state index in [0.717, 1.165) is 11.1 Å². The van der Waals surface area contributed by atoms with Gasteiger partial charge < -0.3 is 0 Å². The van der Waals surface area contributed by atoms with Crippen LogP contribution in [0.4, 0.5) is 11.6 Å². The third kappa shape index (κ3) is 4.84. The molecule has 0 atom stereocenters. The average molecular weight is 427 g/mol. The lowest BCUT2D eigenvalue weighted by Gasteiger charge is -2.05. The minimum atomic E-state index is 0.237. The Kier molecular flexibility index (Phi) is 5.59. The van der Waals surface area contributed by atoms with Crippen molar-refractivity contribution in [2.24, 2.45) is 10.2 Å². The van der Waals surface area contributed by atoms with Gasteiger partial charge >= 0.3 is 0 Å². The van der Waals surface area contributed by atoms with Crippen LogP contribution in [0.3, 0.4) is 0 Å². The van der Waals surface area contributed by atoms with E-state index in [1.165, 1.54) is 0 Å². The zero-order chi connectivity index (χ0) is 20.1. The number of anilines is 2. The summed E-state index contributed by atoms with van der Waals surface area (Å²) in [5, 5.41) is 17.0. The van der Waals surface area contributed by atoms with Crippen LogP contribution >= 0.6 is 23.2 Å². The SMILES string of the molecule is Clc1ccc(C=NNc2nc3nonc3nc2NN=Cc2ccc(Cl)cc2)cc1. The molecule has 9 nitrogen and oxygen atoms in total. The van der Waals surface area contributed by atoms with E-state index in [2.05, 4.69) is 46.0 Å². The number of aromatic nitrogens is 4. The van der Waals surface area contributed by atoms with Crippen LogP contribution in [0.25, 0.3) is 11.3 Å². The minimum Gasteiger partial charge on any atom is -0.258 e. The van der Waals surface area contributed by atoms with E-state index in [1.54, 1.807) is 36.7 Å². The molecule has 2 heterocycles. The first-order chi connectivity index (χ1) is 14.2. The fraction of sp³-hybridized carbons (Fsp3) is 0. The lowest BCUT2D eigenvalue weighted by atomic mass is 10.2. The number of benzene rings is 2. The molecule has 0 bridgehead atoms. The molecule has 2 N–H and O–H groups in total. The monoisotopic (exact) mass is 426 g/mol. The summed E-state index contributed by atoms with van der Waals surface area (Å²) in [5.74, 6) is 0.596. The van der Waals surface area contributed by atoms with Crippen LogP contribution in [0.2, 0.25) is 10.0 Å². The number of hydrazone groups is 2. The van der Waals surface area contributed by atoms with Gasteiger partial charge in [-0.1, -0.05) is 47.5 Å². The summed E-state index contributed by atoms with van der Waals surface area (Å²) in [7, 11) is 0. The quantitative estimate of drug-likeness (QED) is 0.350. The van der Waals surface area contributed by atoms with Gasteiger partial charge in [-0.05, 0) is 45.7 Å². The summed E-state index contributed by atoms with van der Waals surface area (Å²) in [6, 6.07) is 14.4. The zero-order valence-corrected chi connectivity index (χ0v) is 16.1. The maximum Gasteiger partial charge on any atom is 0.245 e. The highest BCUT2D eigenvalue weighted by atomic mass is 35.5. The molecule has 0 radical (unpaired) electrons. The summed E-state index contributed by atoms with van der Waals surface area (Å²) in [4.78, 5) is 8.58. The molecule has 2 aromatic carbocycles. The highest BCUT2D eigenvalue weighted by Gasteiger charge is 2.11. The fourth-order valence-electron chi connectivity index (χ4n) is 2.23. The van der Waals surface area contributed by atoms with Crippen molar-refractivity contribution in [3.8, 4) is 0 Å². The van der Waals surface area contributed by atoms with E-state index in [-0.39, 0.29) is 11.3 Å². The van der Waals surface area contributed by atoms with Crippen molar-refractivity contribution in [2.45, 2.75) is 0 Å². The third-order valence-corrected chi connectivity index (χ3v) is 4.13. The molecule has 11 heteroatoms. The van der Waals surface area contributed by atoms with Crippen molar-refractivity contribution in [3.63, 3.8) is 0 Å². The second-order valence-electron chi connectivity index (χ2n) is 5.68. The smallest absolute Gasteiger partial charge is 0.245 e. The van der Waals surface area contributed by atoms with E-state index in [0.29, 0.717) is 21.7 Å². The van der Waals surface area contributed by atoms with Crippen LogP contribution in [0.1, 0.15) is 11.1 Å². The van der Waals surface area contributed by atoms with Crippen molar-refractivity contribution in [3.05, 3.63) is 69.7 Å². The van der Waals surface area contributed by atoms with E-state index < -0.39 is 0 Å². The second kappa shape index (κ2) is 8.63. The molecule has 0 saturated carbocycles. The summed E-state index contributed by atoms with van der Waals surface area (Å²) in [6.45, 7) is 0. The first-order valence-electron chi connectivity index (χ1n) is 8.27. The number of hydrogen-bond acceptors (Lipinski definition) is 9. The molecular weight excluding hydrogens is 415 g/mol. The zero-order valence-electron chi connectivity index (χ0n) is 14.6. The molecular formula is C18H12Cl2N8O. The summed E-state index contributed by atoms with van der Waals surface area (Å²) < 4.78 is 4.66. The second-order valence-corrected chi connectivity index (χ2v) is 6.55. The van der Waals surface area contributed by atoms with E-state index in [9.17, 15) is 0 Å². The predicted octanol–water partition coefficient (Wildman–Crippen LogP) is 4.21. The van der Waals surface area contributed by atoms with Crippen molar-refractivity contribution in [2.75, 3.05) is 10.9 Å². The highest BCUT2D eigenvalue weighted by Crippen LogP contribution is 2.19. The third-order valence-electron chi connectivity index (χ3n) is 3.62. The molecule has 0 unspecified atom stereocenters. The van der Waals surface area contributed by atoms with Crippen molar-refractivity contribution in [1.82, 2.24) is 20.3 Å². The van der Waals surface area contributed by atoms with Gasteiger partial charge in [-0.25, -0.2) is 4.63 Å². The summed E-state index contributed by atoms with van der Waals surface area (Å²) in [5.41, 5.74) is 7.81. The molecule has 0 saturated heterocycles. The summed E-state index contributed by atoms with van der Waals surface area (Å²) >= 11 is 11.8. The Bertz CT molecular complexity index is 1080. The Labute approximate surface area is 174 Å². The van der Waals surface area contributed by atoms with Crippen LogP contribution in [0.15, 0.2) is 63.4 Å². The Morgan fingerprint density at radius 1 is 0.690 bits per heavy atom. The maximum absolute atomic E-state index is 5.88. The Morgan fingerprint density at radius 3 is 1.52 bits per heavy atom. The molecule has 0 fully saturated rings. The molecule has 0 spiro atoms. The van der Waals surface area contributed by atoms with Gasteiger partial charge in [0.1, 0.15) is 0 Å². The Morgan fingerprint density at radius 2 is 1.10 bits per heavy atom. The highest BCUT2D eigenvalue weighted by molar-refractivity contribution is 6.30. The average Bonchev–Trinajstić information content (AvgIpc) is 3.18. The number of rotatable bonds is 6.